The molecule has 2 aliphatic rings. The van der Waals surface area contributed by atoms with Gasteiger partial charge in [0.1, 0.15) is 0 Å². The van der Waals surface area contributed by atoms with Gasteiger partial charge in [0, 0.05) is 0 Å². The predicted molar refractivity (Wildman–Crippen MR) is 71.4 cm³/mol. The topological polar surface area (TPSA) is 0 Å². The lowest BCUT2D eigenvalue weighted by molar-refractivity contribution is 0.394. The average molecular weight is 218 g/mol. The van der Waals surface area contributed by atoms with E-state index in [9.17, 15) is 0 Å². The Morgan fingerprint density at radius 2 is 2.00 bits per heavy atom. The first-order valence-corrected chi connectivity index (χ1v) is 7.24. The standard InChI is InChI=1S/C16H26/c1-2-14-7-3-4-8-15-11-6-12-16(13-15)10-5-9-14/h6,11-12,14,16H,2-5,7-10,13H2,1H3. The molecule has 0 saturated heterocycles. The smallest absolute Gasteiger partial charge is 0.0193 e. The Labute approximate surface area is 101 Å². The molecule has 2 atom stereocenters. The minimum atomic E-state index is 0.857. The van der Waals surface area contributed by atoms with Crippen LogP contribution in [0.2, 0.25) is 0 Å². The molecule has 1 saturated carbocycles. The molecule has 0 spiro atoms. The summed E-state index contributed by atoms with van der Waals surface area (Å²) in [6.07, 6.45) is 19.9. The van der Waals surface area contributed by atoms with Crippen LogP contribution < -0.4 is 0 Å². The summed E-state index contributed by atoms with van der Waals surface area (Å²) in [6.45, 7) is 2.37. The van der Waals surface area contributed by atoms with Gasteiger partial charge in [-0.2, -0.15) is 0 Å². The Hall–Kier alpha value is -0.520. The lowest BCUT2D eigenvalue weighted by Crippen LogP contribution is -2.03. The maximum absolute atomic E-state index is 2.43. The van der Waals surface area contributed by atoms with Crippen molar-refractivity contribution in [1.29, 1.82) is 0 Å². The number of allylic oxidation sites excluding steroid dienone is 4. The lowest BCUT2D eigenvalue weighted by atomic mass is 9.88. The highest BCUT2D eigenvalue weighted by molar-refractivity contribution is 5.19. The zero-order valence-electron chi connectivity index (χ0n) is 10.8. The van der Waals surface area contributed by atoms with Gasteiger partial charge >= 0.3 is 0 Å². The van der Waals surface area contributed by atoms with E-state index in [1.165, 1.54) is 57.8 Å². The monoisotopic (exact) mass is 218 g/mol. The number of hydrogen-bond donors (Lipinski definition) is 0. The Morgan fingerprint density at radius 1 is 1.12 bits per heavy atom. The summed E-state index contributed by atoms with van der Waals surface area (Å²) >= 11 is 0. The third-order valence-corrected chi connectivity index (χ3v) is 4.36. The largest absolute Gasteiger partial charge is 0.0811 e. The van der Waals surface area contributed by atoms with Crippen LogP contribution in [-0.2, 0) is 0 Å². The van der Waals surface area contributed by atoms with E-state index in [1.54, 1.807) is 5.57 Å². The summed E-state index contributed by atoms with van der Waals surface area (Å²) in [5, 5.41) is 0. The van der Waals surface area contributed by atoms with E-state index < -0.39 is 0 Å². The van der Waals surface area contributed by atoms with Crippen molar-refractivity contribution in [2.75, 3.05) is 0 Å². The zero-order chi connectivity index (χ0) is 11.2. The van der Waals surface area contributed by atoms with Crippen molar-refractivity contribution < 1.29 is 0 Å². The molecule has 90 valence electrons. The van der Waals surface area contributed by atoms with Crippen LogP contribution >= 0.6 is 0 Å². The highest BCUT2D eigenvalue weighted by atomic mass is 14.2. The summed E-state index contributed by atoms with van der Waals surface area (Å²) < 4.78 is 0. The van der Waals surface area contributed by atoms with Gasteiger partial charge in [-0.1, -0.05) is 62.8 Å². The lowest BCUT2D eigenvalue weighted by Gasteiger charge is -2.18. The molecule has 2 unspecified atom stereocenters. The molecule has 2 bridgehead atoms. The SMILES string of the molecule is CCC1CCCCC2=CC=CC(CCC1)C2. The fraction of sp³-hybridized carbons (Fsp3) is 0.750. The van der Waals surface area contributed by atoms with Gasteiger partial charge in [0.2, 0.25) is 0 Å². The second kappa shape index (κ2) is 6.27. The molecule has 0 radical (unpaired) electrons. The van der Waals surface area contributed by atoms with Crippen LogP contribution in [0.25, 0.3) is 0 Å². The molecule has 16 heavy (non-hydrogen) atoms. The second-order valence-electron chi connectivity index (χ2n) is 5.62. The molecule has 2 rings (SSSR count). The molecular weight excluding hydrogens is 192 g/mol. The quantitative estimate of drug-likeness (QED) is 0.563. The summed E-state index contributed by atoms with van der Waals surface area (Å²) in [4.78, 5) is 0. The van der Waals surface area contributed by atoms with Gasteiger partial charge in [0.05, 0.1) is 0 Å². The fourth-order valence-electron chi connectivity index (χ4n) is 3.21. The van der Waals surface area contributed by atoms with Crippen molar-refractivity contribution in [3.8, 4) is 0 Å². The highest BCUT2D eigenvalue weighted by Gasteiger charge is 2.14. The Morgan fingerprint density at radius 3 is 2.88 bits per heavy atom. The molecule has 0 heterocycles. The first kappa shape index (κ1) is 12.0. The van der Waals surface area contributed by atoms with E-state index >= 15 is 0 Å². The average Bonchev–Trinajstić information content (AvgIpc) is 2.34. The van der Waals surface area contributed by atoms with Crippen LogP contribution in [0.4, 0.5) is 0 Å². The molecule has 0 amide bonds. The Bertz CT molecular complexity index is 259. The van der Waals surface area contributed by atoms with Gasteiger partial charge in [0.15, 0.2) is 0 Å². The highest BCUT2D eigenvalue weighted by Crippen LogP contribution is 2.30. The van der Waals surface area contributed by atoms with Gasteiger partial charge in [0.25, 0.3) is 0 Å². The molecule has 0 N–H and O–H groups in total. The normalized spacial score (nSPS) is 31.7. The van der Waals surface area contributed by atoms with Gasteiger partial charge in [-0.25, -0.2) is 0 Å². The van der Waals surface area contributed by atoms with Crippen molar-refractivity contribution in [2.24, 2.45) is 11.8 Å². The van der Waals surface area contributed by atoms with Crippen LogP contribution in [0, 0.1) is 11.8 Å². The number of fused-ring (bicyclic) bond motifs is 2. The summed E-state index contributed by atoms with van der Waals surface area (Å²) in [5.41, 5.74) is 1.71. The third kappa shape index (κ3) is 3.50. The second-order valence-corrected chi connectivity index (χ2v) is 5.62. The molecule has 0 nitrogen and oxygen atoms in total. The Kier molecular flexibility index (Phi) is 4.69. The van der Waals surface area contributed by atoms with Crippen LogP contribution in [0.3, 0.4) is 0 Å². The van der Waals surface area contributed by atoms with E-state index in [4.69, 9.17) is 0 Å². The van der Waals surface area contributed by atoms with Crippen LogP contribution in [0.15, 0.2) is 23.8 Å². The Balaban J connectivity index is 1.92. The summed E-state index contributed by atoms with van der Waals surface area (Å²) in [5.74, 6) is 1.87. The molecule has 0 aromatic heterocycles. The van der Waals surface area contributed by atoms with Gasteiger partial charge in [-0.05, 0) is 37.5 Å². The van der Waals surface area contributed by atoms with E-state index in [0.29, 0.717) is 0 Å². The third-order valence-electron chi connectivity index (χ3n) is 4.36. The molecule has 1 fully saturated rings. The van der Waals surface area contributed by atoms with E-state index in [0.717, 1.165) is 11.8 Å². The molecule has 0 aromatic rings. The first-order chi connectivity index (χ1) is 7.88. The van der Waals surface area contributed by atoms with Gasteiger partial charge in [-0.15, -0.1) is 0 Å². The molecule has 2 aliphatic carbocycles. The maximum Gasteiger partial charge on any atom is -0.0193 e. The minimum absolute atomic E-state index is 0.857. The fourth-order valence-corrected chi connectivity index (χ4v) is 3.21. The van der Waals surface area contributed by atoms with Crippen molar-refractivity contribution >= 4 is 0 Å². The van der Waals surface area contributed by atoms with Crippen molar-refractivity contribution in [3.05, 3.63) is 23.8 Å². The van der Waals surface area contributed by atoms with Gasteiger partial charge in [-0.3, -0.25) is 0 Å². The number of hydrogen-bond acceptors (Lipinski definition) is 0. The summed E-state index contributed by atoms with van der Waals surface area (Å²) in [6, 6.07) is 0. The number of rotatable bonds is 1. The van der Waals surface area contributed by atoms with Gasteiger partial charge < -0.3 is 0 Å². The van der Waals surface area contributed by atoms with Crippen molar-refractivity contribution in [1.82, 2.24) is 0 Å². The molecule has 0 heteroatoms. The van der Waals surface area contributed by atoms with E-state index in [2.05, 4.69) is 25.2 Å². The molecular formula is C16H26. The van der Waals surface area contributed by atoms with Crippen LogP contribution in [-0.4, -0.2) is 0 Å². The van der Waals surface area contributed by atoms with Crippen molar-refractivity contribution in [2.45, 2.75) is 64.7 Å². The maximum atomic E-state index is 2.43. The summed E-state index contributed by atoms with van der Waals surface area (Å²) in [7, 11) is 0. The molecule has 0 aromatic carbocycles. The first-order valence-electron chi connectivity index (χ1n) is 7.24. The van der Waals surface area contributed by atoms with Crippen LogP contribution in [0.5, 0.6) is 0 Å². The van der Waals surface area contributed by atoms with E-state index in [-0.39, 0.29) is 0 Å². The van der Waals surface area contributed by atoms with Crippen molar-refractivity contribution in [3.63, 3.8) is 0 Å². The van der Waals surface area contributed by atoms with E-state index in [1.807, 2.05) is 0 Å². The van der Waals surface area contributed by atoms with Crippen LogP contribution in [0.1, 0.15) is 64.7 Å². The predicted octanol–water partition coefficient (Wildman–Crippen LogP) is 5.26. The zero-order valence-corrected chi connectivity index (χ0v) is 10.8. The molecule has 0 aliphatic heterocycles. The minimum Gasteiger partial charge on any atom is -0.0811 e.